The number of hydrogen-bond donors (Lipinski definition) is 2. The fraction of sp³-hybridized carbons (Fsp3) is 0.423. The molecule has 0 saturated heterocycles. The molecule has 1 aliphatic carbocycles. The summed E-state index contributed by atoms with van der Waals surface area (Å²) >= 11 is 0. The quantitative estimate of drug-likeness (QED) is 0.497. The van der Waals surface area contributed by atoms with Crippen molar-refractivity contribution in [2.45, 2.75) is 38.5 Å². The molecule has 3 rings (SSSR count). The molecule has 7 heteroatoms. The largest absolute Gasteiger partial charge is 0.481 e. The van der Waals surface area contributed by atoms with Gasteiger partial charge in [0.25, 0.3) is 0 Å². The van der Waals surface area contributed by atoms with Crippen LogP contribution in [0.25, 0.3) is 11.1 Å². The summed E-state index contributed by atoms with van der Waals surface area (Å²) in [5.74, 6) is -1.07. The molecule has 1 atom stereocenters. The van der Waals surface area contributed by atoms with Crippen LogP contribution in [0.4, 0.5) is 4.79 Å². The third-order valence-corrected chi connectivity index (χ3v) is 6.12. The molecule has 0 radical (unpaired) electrons. The van der Waals surface area contributed by atoms with E-state index in [1.165, 1.54) is 11.1 Å². The van der Waals surface area contributed by atoms with Gasteiger partial charge in [0.2, 0.25) is 5.91 Å². The molecule has 2 amide bonds. The lowest BCUT2D eigenvalue weighted by Crippen LogP contribution is -2.35. The molecule has 1 unspecified atom stereocenters. The Hall–Kier alpha value is -3.35. The molecule has 176 valence electrons. The van der Waals surface area contributed by atoms with Crippen LogP contribution >= 0.6 is 0 Å². The average Bonchev–Trinajstić information content (AvgIpc) is 3.13. The zero-order valence-corrected chi connectivity index (χ0v) is 19.3. The van der Waals surface area contributed by atoms with Gasteiger partial charge in [-0.2, -0.15) is 0 Å². The molecular weight excluding hydrogens is 420 g/mol. The number of carbonyl (C=O) groups excluding carboxylic acids is 2. The SMILES string of the molecule is CC(CCNC(=O)OCC1c2ccccc2-c2ccccc21)C(=O)N(C)CCCCC(=O)O. The lowest BCUT2D eigenvalue weighted by molar-refractivity contribution is -0.137. The molecule has 0 fully saturated rings. The minimum Gasteiger partial charge on any atom is -0.481 e. The first-order chi connectivity index (χ1) is 15.9. The summed E-state index contributed by atoms with van der Waals surface area (Å²) in [6, 6.07) is 16.4. The van der Waals surface area contributed by atoms with Gasteiger partial charge in [0.15, 0.2) is 0 Å². The highest BCUT2D eigenvalue weighted by Gasteiger charge is 2.29. The van der Waals surface area contributed by atoms with Gasteiger partial charge in [-0.25, -0.2) is 4.79 Å². The summed E-state index contributed by atoms with van der Waals surface area (Å²) in [4.78, 5) is 36.9. The first-order valence-corrected chi connectivity index (χ1v) is 11.4. The minimum atomic E-state index is -0.823. The Labute approximate surface area is 194 Å². The number of carbonyl (C=O) groups is 3. The number of rotatable bonds is 11. The van der Waals surface area contributed by atoms with E-state index in [-0.39, 0.29) is 30.8 Å². The normalized spacial score (nSPS) is 13.0. The van der Waals surface area contributed by atoms with Crippen molar-refractivity contribution < 1.29 is 24.2 Å². The van der Waals surface area contributed by atoms with Crippen molar-refractivity contribution in [1.29, 1.82) is 0 Å². The van der Waals surface area contributed by atoms with Gasteiger partial charge in [-0.1, -0.05) is 55.5 Å². The highest BCUT2D eigenvalue weighted by atomic mass is 16.5. The van der Waals surface area contributed by atoms with Gasteiger partial charge in [0, 0.05) is 38.4 Å². The van der Waals surface area contributed by atoms with Crippen molar-refractivity contribution in [3.8, 4) is 11.1 Å². The molecule has 2 aromatic rings. The number of benzene rings is 2. The molecular formula is C26H32N2O5. The Bertz CT molecular complexity index is 945. The fourth-order valence-corrected chi connectivity index (χ4v) is 4.28. The van der Waals surface area contributed by atoms with Crippen LogP contribution in [0.15, 0.2) is 48.5 Å². The first kappa shape index (κ1) is 24.3. The second-order valence-electron chi connectivity index (χ2n) is 8.55. The molecule has 0 aromatic heterocycles. The highest BCUT2D eigenvalue weighted by Crippen LogP contribution is 2.44. The lowest BCUT2D eigenvalue weighted by atomic mass is 9.98. The molecule has 0 aliphatic heterocycles. The number of alkyl carbamates (subject to hydrolysis) is 1. The van der Waals surface area contributed by atoms with Gasteiger partial charge in [0.1, 0.15) is 6.61 Å². The minimum absolute atomic E-state index is 0.0124. The number of hydrogen-bond acceptors (Lipinski definition) is 4. The van der Waals surface area contributed by atoms with Crippen LogP contribution in [0.1, 0.15) is 49.7 Å². The predicted octanol–water partition coefficient (Wildman–Crippen LogP) is 4.26. The number of nitrogens with zero attached hydrogens (tertiary/aromatic N) is 1. The van der Waals surface area contributed by atoms with Crippen LogP contribution in [-0.4, -0.2) is 54.7 Å². The highest BCUT2D eigenvalue weighted by molar-refractivity contribution is 5.79. The number of carboxylic acid groups (broad SMARTS) is 1. The molecule has 2 aromatic carbocycles. The maximum atomic E-state index is 12.4. The first-order valence-electron chi connectivity index (χ1n) is 11.4. The van der Waals surface area contributed by atoms with Gasteiger partial charge in [-0.05, 0) is 41.5 Å². The Balaban J connectivity index is 1.40. The summed E-state index contributed by atoms with van der Waals surface area (Å²) in [6.07, 6.45) is 1.33. The molecule has 7 nitrogen and oxygen atoms in total. The number of ether oxygens (including phenoxy) is 1. The van der Waals surface area contributed by atoms with E-state index >= 15 is 0 Å². The maximum Gasteiger partial charge on any atom is 0.407 e. The van der Waals surface area contributed by atoms with Crippen LogP contribution in [-0.2, 0) is 14.3 Å². The molecule has 2 N–H and O–H groups in total. The topological polar surface area (TPSA) is 95.9 Å². The molecule has 0 heterocycles. The monoisotopic (exact) mass is 452 g/mol. The number of amides is 2. The summed E-state index contributed by atoms with van der Waals surface area (Å²) in [5.41, 5.74) is 4.69. The van der Waals surface area contributed by atoms with E-state index in [4.69, 9.17) is 9.84 Å². The van der Waals surface area contributed by atoms with Crippen molar-refractivity contribution in [3.05, 3.63) is 59.7 Å². The van der Waals surface area contributed by atoms with Crippen LogP contribution in [0.3, 0.4) is 0 Å². The standard InChI is InChI=1S/C26H32N2O5/c1-18(25(31)28(2)16-8-7-13-24(29)30)14-15-27-26(32)33-17-23-21-11-5-3-9-19(21)20-10-4-6-12-22(20)23/h3-6,9-12,18,23H,7-8,13-17H2,1-2H3,(H,27,32)(H,29,30). The second-order valence-corrected chi connectivity index (χ2v) is 8.55. The van der Waals surface area contributed by atoms with E-state index in [1.807, 2.05) is 31.2 Å². The van der Waals surface area contributed by atoms with Gasteiger partial charge in [-0.3, -0.25) is 9.59 Å². The molecule has 0 saturated carbocycles. The Morgan fingerprint density at radius 3 is 2.24 bits per heavy atom. The summed E-state index contributed by atoms with van der Waals surface area (Å²) in [6.45, 7) is 2.95. The van der Waals surface area contributed by atoms with Crippen molar-refractivity contribution in [1.82, 2.24) is 10.2 Å². The van der Waals surface area contributed by atoms with Crippen molar-refractivity contribution in [3.63, 3.8) is 0 Å². The van der Waals surface area contributed by atoms with Gasteiger partial charge in [0.05, 0.1) is 0 Å². The van der Waals surface area contributed by atoms with Gasteiger partial charge >= 0.3 is 12.1 Å². The zero-order valence-electron chi connectivity index (χ0n) is 19.3. The second kappa shape index (κ2) is 11.5. The molecule has 0 spiro atoms. The van der Waals surface area contributed by atoms with Gasteiger partial charge < -0.3 is 20.1 Å². The van der Waals surface area contributed by atoms with Crippen LogP contribution in [0.2, 0.25) is 0 Å². The Morgan fingerprint density at radius 2 is 1.64 bits per heavy atom. The lowest BCUT2D eigenvalue weighted by Gasteiger charge is -2.21. The predicted molar refractivity (Wildman–Crippen MR) is 126 cm³/mol. The smallest absolute Gasteiger partial charge is 0.407 e. The van der Waals surface area contributed by atoms with Crippen molar-refractivity contribution in [2.24, 2.45) is 5.92 Å². The third-order valence-electron chi connectivity index (χ3n) is 6.12. The van der Waals surface area contributed by atoms with Crippen LogP contribution in [0.5, 0.6) is 0 Å². The number of carboxylic acids is 1. The zero-order chi connectivity index (χ0) is 23.8. The molecule has 0 bridgehead atoms. The summed E-state index contributed by atoms with van der Waals surface area (Å²) in [5, 5.41) is 11.4. The molecule has 33 heavy (non-hydrogen) atoms. The maximum absolute atomic E-state index is 12.4. The van der Waals surface area contributed by atoms with E-state index in [0.29, 0.717) is 32.4 Å². The average molecular weight is 453 g/mol. The van der Waals surface area contributed by atoms with Crippen molar-refractivity contribution in [2.75, 3.05) is 26.7 Å². The number of fused-ring (bicyclic) bond motifs is 3. The van der Waals surface area contributed by atoms with E-state index < -0.39 is 12.1 Å². The Kier molecular flexibility index (Phi) is 8.46. The van der Waals surface area contributed by atoms with Gasteiger partial charge in [-0.15, -0.1) is 0 Å². The number of unbranched alkanes of at least 4 members (excludes halogenated alkanes) is 1. The van der Waals surface area contributed by atoms with E-state index in [2.05, 4.69) is 29.6 Å². The van der Waals surface area contributed by atoms with Crippen LogP contribution in [0, 0.1) is 5.92 Å². The van der Waals surface area contributed by atoms with E-state index in [9.17, 15) is 14.4 Å². The summed E-state index contributed by atoms with van der Waals surface area (Å²) < 4.78 is 5.52. The van der Waals surface area contributed by atoms with Crippen molar-refractivity contribution >= 4 is 18.0 Å². The van der Waals surface area contributed by atoms with E-state index in [0.717, 1.165) is 11.1 Å². The van der Waals surface area contributed by atoms with Crippen LogP contribution < -0.4 is 5.32 Å². The summed E-state index contributed by atoms with van der Waals surface area (Å²) in [7, 11) is 1.72. The number of aliphatic carboxylic acids is 1. The molecule has 1 aliphatic rings. The third kappa shape index (κ3) is 6.34. The fourth-order valence-electron chi connectivity index (χ4n) is 4.28. The number of nitrogens with one attached hydrogen (secondary N) is 1. The Morgan fingerprint density at radius 1 is 1.03 bits per heavy atom. The van der Waals surface area contributed by atoms with E-state index in [1.54, 1.807) is 11.9 Å².